The van der Waals surface area contributed by atoms with Crippen LogP contribution in [-0.2, 0) is 11.3 Å². The molecule has 1 N–H and O–H groups in total. The number of para-hydroxylation sites is 1. The Hall–Kier alpha value is -2.06. The van der Waals surface area contributed by atoms with Crippen molar-refractivity contribution in [3.8, 4) is 11.4 Å². The van der Waals surface area contributed by atoms with Gasteiger partial charge in [0.2, 0.25) is 17.6 Å². The van der Waals surface area contributed by atoms with Gasteiger partial charge in [-0.05, 0) is 62.0 Å². The lowest BCUT2D eigenvalue weighted by molar-refractivity contribution is -0.121. The fourth-order valence-corrected chi connectivity index (χ4v) is 4.98. The van der Waals surface area contributed by atoms with Gasteiger partial charge < -0.3 is 9.84 Å². The van der Waals surface area contributed by atoms with Gasteiger partial charge in [0.05, 0.1) is 17.3 Å². The number of rotatable bonds is 7. The predicted molar refractivity (Wildman–Crippen MR) is 129 cm³/mol. The van der Waals surface area contributed by atoms with Gasteiger partial charge in [-0.25, -0.2) is 0 Å². The maximum Gasteiger partial charge on any atom is 0.241 e. The number of piperidine rings is 1. The first-order valence-electron chi connectivity index (χ1n) is 10.6. The van der Waals surface area contributed by atoms with Crippen LogP contribution >= 0.6 is 35.0 Å². The van der Waals surface area contributed by atoms with Crippen LogP contribution in [0.3, 0.4) is 0 Å². The van der Waals surface area contributed by atoms with Crippen molar-refractivity contribution in [2.24, 2.45) is 5.92 Å². The first-order chi connectivity index (χ1) is 15.5. The van der Waals surface area contributed by atoms with Gasteiger partial charge in [-0.3, -0.25) is 9.69 Å². The summed E-state index contributed by atoms with van der Waals surface area (Å²) < 4.78 is 5.42. The number of carbonyl (C=O) groups is 1. The molecule has 0 radical (unpaired) electrons. The number of aromatic nitrogens is 2. The van der Waals surface area contributed by atoms with E-state index in [4.69, 9.17) is 27.7 Å². The van der Waals surface area contributed by atoms with Crippen molar-refractivity contribution in [2.75, 3.05) is 24.2 Å². The summed E-state index contributed by atoms with van der Waals surface area (Å²) in [5, 5.41) is 8.21. The molecule has 1 amide bonds. The zero-order chi connectivity index (χ0) is 22.5. The zero-order valence-corrected chi connectivity index (χ0v) is 20.0. The highest BCUT2D eigenvalue weighted by Gasteiger charge is 2.26. The smallest absolute Gasteiger partial charge is 0.241 e. The summed E-state index contributed by atoms with van der Waals surface area (Å²) in [6.07, 6.45) is 1.58. The molecule has 168 valence electrons. The van der Waals surface area contributed by atoms with Gasteiger partial charge in [-0.15, -0.1) is 11.8 Å². The Bertz CT molecular complexity index is 1080. The van der Waals surface area contributed by atoms with Crippen molar-refractivity contribution in [3.63, 3.8) is 0 Å². The molecule has 0 spiro atoms. The topological polar surface area (TPSA) is 71.3 Å². The van der Waals surface area contributed by atoms with Crippen LogP contribution in [0.2, 0.25) is 10.0 Å². The molecule has 4 rings (SSSR count). The van der Waals surface area contributed by atoms with E-state index >= 15 is 0 Å². The van der Waals surface area contributed by atoms with E-state index in [0.29, 0.717) is 33.9 Å². The van der Waals surface area contributed by atoms with Crippen molar-refractivity contribution >= 4 is 46.6 Å². The number of amides is 1. The molecule has 1 aliphatic heterocycles. The van der Waals surface area contributed by atoms with E-state index in [0.717, 1.165) is 42.3 Å². The molecule has 0 bridgehead atoms. The van der Waals surface area contributed by atoms with E-state index in [1.807, 2.05) is 24.3 Å². The molecular formula is C23H24Cl2N4O2S. The molecule has 2 heterocycles. The Morgan fingerprint density at radius 2 is 2.00 bits per heavy atom. The molecule has 1 saturated heterocycles. The van der Waals surface area contributed by atoms with Gasteiger partial charge >= 0.3 is 0 Å². The normalized spacial score (nSPS) is 15.1. The largest absolute Gasteiger partial charge is 0.338 e. The molecule has 0 saturated carbocycles. The Morgan fingerprint density at radius 3 is 2.75 bits per heavy atom. The van der Waals surface area contributed by atoms with E-state index in [2.05, 4.69) is 27.3 Å². The second-order valence-corrected chi connectivity index (χ2v) is 9.75. The predicted octanol–water partition coefficient (Wildman–Crippen LogP) is 6.01. The SMILES string of the molecule is CCSc1ccccc1NC(=O)C1CCN(Cc2nc(-c3ccc(Cl)cc3Cl)no2)CC1. The van der Waals surface area contributed by atoms with Crippen LogP contribution in [0.25, 0.3) is 11.4 Å². The summed E-state index contributed by atoms with van der Waals surface area (Å²) >= 11 is 13.9. The lowest BCUT2D eigenvalue weighted by Crippen LogP contribution is -2.37. The minimum absolute atomic E-state index is 0.00273. The average Bonchev–Trinajstić information content (AvgIpc) is 3.24. The van der Waals surface area contributed by atoms with Crippen LogP contribution in [0.4, 0.5) is 5.69 Å². The van der Waals surface area contributed by atoms with Gasteiger partial charge in [0.25, 0.3) is 0 Å². The molecule has 6 nitrogen and oxygen atoms in total. The standard InChI is InChI=1S/C23H24Cl2N4O2S/c1-2-32-20-6-4-3-5-19(20)26-23(30)15-9-11-29(12-10-15)14-21-27-22(28-31-21)17-8-7-16(24)13-18(17)25/h3-8,13,15H,2,9-12,14H2,1H3,(H,26,30). The molecule has 1 fully saturated rings. The quantitative estimate of drug-likeness (QED) is 0.409. The van der Waals surface area contributed by atoms with Crippen LogP contribution in [0.1, 0.15) is 25.7 Å². The fraction of sp³-hybridized carbons (Fsp3) is 0.348. The van der Waals surface area contributed by atoms with Crippen LogP contribution in [0.15, 0.2) is 51.9 Å². The third kappa shape index (κ3) is 5.64. The molecule has 3 aromatic rings. The van der Waals surface area contributed by atoms with E-state index in [1.165, 1.54) is 0 Å². The number of hydrogen-bond acceptors (Lipinski definition) is 6. The van der Waals surface area contributed by atoms with Crippen LogP contribution in [0, 0.1) is 5.92 Å². The first-order valence-corrected chi connectivity index (χ1v) is 12.3. The minimum atomic E-state index is -0.00273. The van der Waals surface area contributed by atoms with Gasteiger partial charge in [0.15, 0.2) is 0 Å². The number of nitrogens with zero attached hydrogens (tertiary/aromatic N) is 3. The van der Waals surface area contributed by atoms with Crippen LogP contribution in [-0.4, -0.2) is 39.8 Å². The first kappa shape index (κ1) is 23.1. The van der Waals surface area contributed by atoms with E-state index in [1.54, 1.807) is 30.0 Å². The second-order valence-electron chi connectivity index (χ2n) is 7.60. The number of likely N-dealkylation sites (tertiary alicyclic amines) is 1. The highest BCUT2D eigenvalue weighted by molar-refractivity contribution is 7.99. The second kappa shape index (κ2) is 10.7. The third-order valence-electron chi connectivity index (χ3n) is 5.40. The summed E-state index contributed by atoms with van der Waals surface area (Å²) in [6.45, 7) is 4.24. The fourth-order valence-electron chi connectivity index (χ4n) is 3.73. The number of halogens is 2. The van der Waals surface area contributed by atoms with Crippen molar-refractivity contribution in [3.05, 3.63) is 58.4 Å². The molecule has 0 unspecified atom stereocenters. The van der Waals surface area contributed by atoms with E-state index in [-0.39, 0.29) is 11.8 Å². The van der Waals surface area contributed by atoms with Crippen molar-refractivity contribution < 1.29 is 9.32 Å². The van der Waals surface area contributed by atoms with Gasteiger partial charge in [-0.1, -0.05) is 47.4 Å². The summed E-state index contributed by atoms with van der Waals surface area (Å²) in [6, 6.07) is 13.1. The van der Waals surface area contributed by atoms with Crippen LogP contribution in [0.5, 0.6) is 0 Å². The highest BCUT2D eigenvalue weighted by Crippen LogP contribution is 2.30. The number of hydrogen-bond donors (Lipinski definition) is 1. The van der Waals surface area contributed by atoms with Crippen molar-refractivity contribution in [2.45, 2.75) is 31.2 Å². The monoisotopic (exact) mass is 490 g/mol. The Balaban J connectivity index is 1.31. The maximum absolute atomic E-state index is 12.8. The van der Waals surface area contributed by atoms with Crippen LogP contribution < -0.4 is 5.32 Å². The van der Waals surface area contributed by atoms with Gasteiger partial charge in [0.1, 0.15) is 0 Å². The molecule has 0 atom stereocenters. The molecule has 0 aliphatic carbocycles. The molecule has 2 aromatic carbocycles. The minimum Gasteiger partial charge on any atom is -0.338 e. The van der Waals surface area contributed by atoms with Crippen molar-refractivity contribution in [1.29, 1.82) is 0 Å². The summed E-state index contributed by atoms with van der Waals surface area (Å²) in [7, 11) is 0. The number of thioether (sulfide) groups is 1. The lowest BCUT2D eigenvalue weighted by atomic mass is 9.96. The Morgan fingerprint density at radius 1 is 1.22 bits per heavy atom. The Labute approximate surface area is 201 Å². The molecule has 9 heteroatoms. The highest BCUT2D eigenvalue weighted by atomic mass is 35.5. The average molecular weight is 491 g/mol. The molecular weight excluding hydrogens is 467 g/mol. The van der Waals surface area contributed by atoms with Gasteiger partial charge in [-0.2, -0.15) is 4.98 Å². The Kier molecular flexibility index (Phi) is 7.73. The number of benzene rings is 2. The van der Waals surface area contributed by atoms with Gasteiger partial charge in [0, 0.05) is 21.4 Å². The number of carbonyl (C=O) groups excluding carboxylic acids is 1. The molecule has 1 aliphatic rings. The zero-order valence-electron chi connectivity index (χ0n) is 17.7. The summed E-state index contributed by atoms with van der Waals surface area (Å²) in [5.74, 6) is 2.02. The molecule has 32 heavy (non-hydrogen) atoms. The maximum atomic E-state index is 12.8. The number of nitrogens with one attached hydrogen (secondary N) is 1. The summed E-state index contributed by atoms with van der Waals surface area (Å²) in [4.78, 5) is 20.6. The lowest BCUT2D eigenvalue weighted by Gasteiger charge is -2.30. The molecule has 1 aromatic heterocycles. The van der Waals surface area contributed by atoms with E-state index in [9.17, 15) is 4.79 Å². The van der Waals surface area contributed by atoms with E-state index < -0.39 is 0 Å². The van der Waals surface area contributed by atoms with Crippen molar-refractivity contribution in [1.82, 2.24) is 15.0 Å². The summed E-state index contributed by atoms with van der Waals surface area (Å²) in [5.41, 5.74) is 1.58. The number of anilines is 1. The third-order valence-corrected chi connectivity index (χ3v) is 6.91.